The molecule has 0 heterocycles. The summed E-state index contributed by atoms with van der Waals surface area (Å²) in [6.07, 6.45) is 2.58. The SMILES string of the molecule is C=Cc1cccc(C(C)(C)NC(=O)OCC(C)(C)CNc2cccc3c2C(=O)c2cccc(NCC(C)(C)COC(=O)NCC)c2C3=O)c1.C=Cc1cccc(C)c1. The molecule has 4 aromatic carbocycles. The van der Waals surface area contributed by atoms with Gasteiger partial charge in [0, 0.05) is 53.0 Å². The maximum atomic E-state index is 13.9. The lowest BCUT2D eigenvalue weighted by Crippen LogP contribution is -2.42. The fraction of sp³-hybridized carbons (Fsp3) is 0.333. The average molecular weight is 787 g/mol. The van der Waals surface area contributed by atoms with Crippen LogP contribution in [0.5, 0.6) is 0 Å². The third kappa shape index (κ3) is 11.9. The number of hydrogen-bond acceptors (Lipinski definition) is 8. The summed E-state index contributed by atoms with van der Waals surface area (Å²) in [4.78, 5) is 52.4. The van der Waals surface area contributed by atoms with Crippen molar-refractivity contribution >= 4 is 47.3 Å². The summed E-state index contributed by atoms with van der Waals surface area (Å²) in [6.45, 7) is 24.5. The molecule has 1 aliphatic rings. The lowest BCUT2D eigenvalue weighted by molar-refractivity contribution is 0.0962. The van der Waals surface area contributed by atoms with Crippen molar-refractivity contribution in [1.29, 1.82) is 0 Å². The molecule has 0 fully saturated rings. The van der Waals surface area contributed by atoms with Crippen LogP contribution in [0, 0.1) is 17.8 Å². The summed E-state index contributed by atoms with van der Waals surface area (Å²) >= 11 is 0. The number of ether oxygens (including phenoxy) is 2. The molecule has 0 saturated heterocycles. The number of carbonyl (C=O) groups is 4. The molecule has 0 bridgehead atoms. The highest BCUT2D eigenvalue weighted by molar-refractivity contribution is 6.31. The summed E-state index contributed by atoms with van der Waals surface area (Å²) in [6, 6.07) is 26.4. The van der Waals surface area contributed by atoms with Gasteiger partial charge in [-0.25, -0.2) is 9.59 Å². The predicted octanol–water partition coefficient (Wildman–Crippen LogP) is 10.0. The van der Waals surface area contributed by atoms with E-state index in [1.165, 1.54) is 11.1 Å². The fourth-order valence-electron chi connectivity index (χ4n) is 6.24. The van der Waals surface area contributed by atoms with Crippen molar-refractivity contribution in [3.8, 4) is 0 Å². The molecule has 5 rings (SSSR count). The predicted molar refractivity (Wildman–Crippen MR) is 235 cm³/mol. The highest BCUT2D eigenvalue weighted by Crippen LogP contribution is 2.36. The number of amides is 2. The quantitative estimate of drug-likeness (QED) is 0.0824. The number of nitrogens with one attached hydrogen (secondary N) is 4. The molecule has 0 saturated carbocycles. The average Bonchev–Trinajstić information content (AvgIpc) is 3.20. The number of carbonyl (C=O) groups excluding carboxylic acids is 4. The van der Waals surface area contributed by atoms with E-state index < -0.39 is 28.6 Å². The van der Waals surface area contributed by atoms with Crippen molar-refractivity contribution in [2.24, 2.45) is 10.8 Å². The van der Waals surface area contributed by atoms with Gasteiger partial charge in [0.25, 0.3) is 0 Å². The van der Waals surface area contributed by atoms with Crippen molar-refractivity contribution in [1.82, 2.24) is 10.6 Å². The third-order valence-electron chi connectivity index (χ3n) is 9.63. The number of rotatable bonds is 15. The molecule has 306 valence electrons. The summed E-state index contributed by atoms with van der Waals surface area (Å²) in [7, 11) is 0. The molecule has 0 spiro atoms. The maximum absolute atomic E-state index is 13.9. The highest BCUT2D eigenvalue weighted by Gasteiger charge is 2.35. The number of alkyl carbamates (subject to hydrolysis) is 2. The Morgan fingerprint density at radius 2 is 1.12 bits per heavy atom. The number of ketones is 2. The second-order valence-corrected chi connectivity index (χ2v) is 16.5. The Hall–Kier alpha value is -6.16. The van der Waals surface area contributed by atoms with E-state index in [1.807, 2.05) is 90.9 Å². The van der Waals surface area contributed by atoms with E-state index >= 15 is 0 Å². The van der Waals surface area contributed by atoms with E-state index in [4.69, 9.17) is 9.47 Å². The standard InChI is InChI=1S/C39H48N4O6.C9H10/c1-9-25-14-11-15-26(20-25)39(7,8)43-36(47)49-24-38(5,6)22-42-30-19-13-17-28-32(30)34(45)27-16-12-18-29(31(27)33(28)44)41-21-37(3,4)23-48-35(46)40-10-2;1-3-9-6-4-5-8(2)7-9/h9,11-20,41-42H,1,10,21-24H2,2-8H3,(H,40,46)(H,43,47);3-7H,1H2,2H3. The van der Waals surface area contributed by atoms with Crippen LogP contribution >= 0.6 is 0 Å². The van der Waals surface area contributed by atoms with E-state index in [9.17, 15) is 19.2 Å². The van der Waals surface area contributed by atoms with Crippen LogP contribution in [0.1, 0.15) is 103 Å². The van der Waals surface area contributed by atoms with Gasteiger partial charge in [0.1, 0.15) is 0 Å². The van der Waals surface area contributed by atoms with Gasteiger partial charge in [-0.05, 0) is 62.6 Å². The molecule has 58 heavy (non-hydrogen) atoms. The molecule has 0 radical (unpaired) electrons. The molecular weight excluding hydrogens is 729 g/mol. The molecule has 10 heteroatoms. The lowest BCUT2D eigenvalue weighted by atomic mass is 9.82. The zero-order valence-corrected chi connectivity index (χ0v) is 35.1. The van der Waals surface area contributed by atoms with E-state index in [0.29, 0.717) is 53.3 Å². The summed E-state index contributed by atoms with van der Waals surface area (Å²) in [5, 5.41) is 12.2. The highest BCUT2D eigenvalue weighted by atomic mass is 16.6. The molecule has 2 amide bonds. The van der Waals surface area contributed by atoms with Crippen LogP contribution in [-0.4, -0.2) is 56.6 Å². The zero-order valence-electron chi connectivity index (χ0n) is 35.1. The van der Waals surface area contributed by atoms with Crippen molar-refractivity contribution in [2.75, 3.05) is 43.5 Å². The fourth-order valence-corrected chi connectivity index (χ4v) is 6.24. The molecular formula is C48H58N4O6. The first-order valence-electron chi connectivity index (χ1n) is 19.5. The van der Waals surface area contributed by atoms with Gasteiger partial charge in [-0.1, -0.05) is 125 Å². The van der Waals surface area contributed by atoms with Gasteiger partial charge in [0.15, 0.2) is 11.6 Å². The maximum Gasteiger partial charge on any atom is 0.407 e. The van der Waals surface area contributed by atoms with E-state index in [-0.39, 0.29) is 24.8 Å². The molecule has 0 unspecified atom stereocenters. The molecule has 1 aliphatic carbocycles. The number of anilines is 2. The first kappa shape index (κ1) is 44.6. The van der Waals surface area contributed by atoms with Crippen LogP contribution in [0.25, 0.3) is 12.2 Å². The zero-order chi connectivity index (χ0) is 42.7. The van der Waals surface area contributed by atoms with Gasteiger partial charge in [-0.15, -0.1) is 0 Å². The number of aryl methyl sites for hydroxylation is 1. The van der Waals surface area contributed by atoms with Gasteiger partial charge in [-0.3, -0.25) is 9.59 Å². The first-order valence-corrected chi connectivity index (χ1v) is 19.5. The van der Waals surface area contributed by atoms with Crippen molar-refractivity contribution < 1.29 is 28.7 Å². The largest absolute Gasteiger partial charge is 0.449 e. The number of benzene rings is 4. The second-order valence-electron chi connectivity index (χ2n) is 16.5. The molecule has 0 atom stereocenters. The monoisotopic (exact) mass is 786 g/mol. The first-order chi connectivity index (χ1) is 27.4. The Balaban J connectivity index is 0.000000727. The molecule has 4 N–H and O–H groups in total. The van der Waals surface area contributed by atoms with Gasteiger partial charge >= 0.3 is 12.2 Å². The van der Waals surface area contributed by atoms with Gasteiger partial charge in [0.2, 0.25) is 0 Å². The van der Waals surface area contributed by atoms with Crippen LogP contribution in [0.2, 0.25) is 0 Å². The van der Waals surface area contributed by atoms with E-state index in [2.05, 4.69) is 53.5 Å². The molecule has 4 aromatic rings. The van der Waals surface area contributed by atoms with Crippen molar-refractivity contribution in [3.05, 3.63) is 143 Å². The van der Waals surface area contributed by atoms with Crippen LogP contribution < -0.4 is 21.3 Å². The summed E-state index contributed by atoms with van der Waals surface area (Å²) in [5.41, 5.74) is 5.04. The van der Waals surface area contributed by atoms with Gasteiger partial charge in [0.05, 0.1) is 29.9 Å². The van der Waals surface area contributed by atoms with Crippen LogP contribution in [0.3, 0.4) is 0 Å². The topological polar surface area (TPSA) is 135 Å². The Kier molecular flexibility index (Phi) is 14.8. The molecule has 0 aromatic heterocycles. The minimum absolute atomic E-state index is 0.110. The van der Waals surface area contributed by atoms with Gasteiger partial charge < -0.3 is 30.7 Å². The van der Waals surface area contributed by atoms with Crippen LogP contribution in [-0.2, 0) is 15.0 Å². The summed E-state index contributed by atoms with van der Waals surface area (Å²) < 4.78 is 11.0. The van der Waals surface area contributed by atoms with Crippen molar-refractivity contribution in [3.63, 3.8) is 0 Å². The third-order valence-corrected chi connectivity index (χ3v) is 9.63. The normalized spacial score (nSPS) is 12.1. The van der Waals surface area contributed by atoms with Gasteiger partial charge in [-0.2, -0.15) is 0 Å². The van der Waals surface area contributed by atoms with Crippen LogP contribution in [0.4, 0.5) is 21.0 Å². The molecule has 0 aliphatic heterocycles. The minimum atomic E-state index is -0.669. The summed E-state index contributed by atoms with van der Waals surface area (Å²) in [5.74, 6) is -0.514. The number of fused-ring (bicyclic) bond motifs is 2. The number of hydrogen-bond donors (Lipinski definition) is 4. The Morgan fingerprint density at radius 3 is 1.59 bits per heavy atom. The smallest absolute Gasteiger partial charge is 0.407 e. The lowest BCUT2D eigenvalue weighted by Gasteiger charge is -2.30. The Morgan fingerprint density at radius 1 is 0.655 bits per heavy atom. The minimum Gasteiger partial charge on any atom is -0.449 e. The second kappa shape index (κ2) is 19.3. The Bertz CT molecular complexity index is 2150. The molecule has 10 nitrogen and oxygen atoms in total. The van der Waals surface area contributed by atoms with E-state index in [1.54, 1.807) is 42.5 Å². The van der Waals surface area contributed by atoms with Crippen LogP contribution in [0.15, 0.2) is 98.1 Å². The van der Waals surface area contributed by atoms with E-state index in [0.717, 1.165) is 11.1 Å². The van der Waals surface area contributed by atoms with Crippen molar-refractivity contribution in [2.45, 2.75) is 60.9 Å². The Labute approximate surface area is 343 Å².